The average molecular weight is 350 g/mol. The Kier molecular flexibility index (Phi) is 4.53. The highest BCUT2D eigenvalue weighted by Crippen LogP contribution is 2.46. The van der Waals surface area contributed by atoms with Crippen molar-refractivity contribution in [2.24, 2.45) is 16.8 Å². The number of nitrogens with zero attached hydrogens (tertiary/aromatic N) is 2. The molecule has 0 saturated carbocycles. The fraction of sp³-hybridized carbons (Fsp3) is 0.455. The highest BCUT2D eigenvalue weighted by molar-refractivity contribution is 6.02. The zero-order valence-corrected chi connectivity index (χ0v) is 15.5. The minimum Gasteiger partial charge on any atom is -0.466 e. The molecule has 3 aliphatic heterocycles. The number of fused-ring (bicyclic) bond motifs is 5. The van der Waals surface area contributed by atoms with E-state index in [0.717, 1.165) is 37.2 Å². The van der Waals surface area contributed by atoms with Crippen molar-refractivity contribution in [3.05, 3.63) is 54.1 Å². The number of allylic oxidation sites excluding steroid dienone is 1. The second-order valence-corrected chi connectivity index (χ2v) is 7.42. The number of carbonyl (C=O) groups is 1. The van der Waals surface area contributed by atoms with Gasteiger partial charge in [0.25, 0.3) is 0 Å². The van der Waals surface area contributed by atoms with E-state index in [9.17, 15) is 4.79 Å². The topological polar surface area (TPSA) is 41.9 Å². The molecule has 1 unspecified atom stereocenters. The van der Waals surface area contributed by atoms with Crippen LogP contribution < -0.4 is 0 Å². The molecule has 0 bridgehead atoms. The van der Waals surface area contributed by atoms with E-state index in [2.05, 4.69) is 35.7 Å². The van der Waals surface area contributed by atoms with Gasteiger partial charge in [-0.25, -0.2) is 4.79 Å². The fourth-order valence-electron chi connectivity index (χ4n) is 5.01. The number of benzene rings is 1. The molecule has 0 N–H and O–H groups in total. The van der Waals surface area contributed by atoms with Gasteiger partial charge in [-0.1, -0.05) is 30.4 Å². The molecule has 3 heterocycles. The zero-order valence-electron chi connectivity index (χ0n) is 15.5. The summed E-state index contributed by atoms with van der Waals surface area (Å²) in [5, 5.41) is 0. The molecular formula is C22H26N2O2. The van der Waals surface area contributed by atoms with Crippen LogP contribution in [0.2, 0.25) is 0 Å². The molecule has 0 aromatic heterocycles. The SMILES string of the molecule is C=C[C@H]1CN2CCC3C(=Nc4ccccc43)[C@@H]2C[C@@H]1/C(=C\C)C(=O)OC. The Hall–Kier alpha value is -2.20. The predicted molar refractivity (Wildman–Crippen MR) is 104 cm³/mol. The molecule has 0 aliphatic carbocycles. The van der Waals surface area contributed by atoms with Gasteiger partial charge in [0.2, 0.25) is 0 Å². The highest BCUT2D eigenvalue weighted by atomic mass is 16.5. The van der Waals surface area contributed by atoms with Crippen molar-refractivity contribution < 1.29 is 9.53 Å². The zero-order chi connectivity index (χ0) is 18.3. The Balaban J connectivity index is 1.67. The van der Waals surface area contributed by atoms with Crippen LogP contribution in [-0.4, -0.2) is 42.8 Å². The minimum atomic E-state index is -0.221. The smallest absolute Gasteiger partial charge is 0.333 e. The third-order valence-corrected chi connectivity index (χ3v) is 6.28. The first-order valence-electron chi connectivity index (χ1n) is 9.46. The molecule has 4 rings (SSSR count). The highest BCUT2D eigenvalue weighted by Gasteiger charge is 2.45. The number of para-hydroxylation sites is 1. The lowest BCUT2D eigenvalue weighted by atomic mass is 9.72. The first-order valence-corrected chi connectivity index (χ1v) is 9.46. The van der Waals surface area contributed by atoms with E-state index in [1.165, 1.54) is 18.4 Å². The van der Waals surface area contributed by atoms with E-state index in [0.29, 0.717) is 12.0 Å². The van der Waals surface area contributed by atoms with Gasteiger partial charge in [0.1, 0.15) is 0 Å². The summed E-state index contributed by atoms with van der Waals surface area (Å²) in [6.45, 7) is 7.96. The summed E-state index contributed by atoms with van der Waals surface area (Å²) in [6.07, 6.45) is 5.93. The quantitative estimate of drug-likeness (QED) is 0.472. The summed E-state index contributed by atoms with van der Waals surface area (Å²) < 4.78 is 5.04. The summed E-state index contributed by atoms with van der Waals surface area (Å²) in [6, 6.07) is 8.79. The lowest BCUT2D eigenvalue weighted by molar-refractivity contribution is -0.137. The number of rotatable bonds is 3. The number of carbonyl (C=O) groups excluding carboxylic acids is 1. The minimum absolute atomic E-state index is 0.136. The summed E-state index contributed by atoms with van der Waals surface area (Å²) in [5.74, 6) is 0.608. The largest absolute Gasteiger partial charge is 0.466 e. The number of esters is 1. The molecule has 4 nitrogen and oxygen atoms in total. The van der Waals surface area contributed by atoms with E-state index in [-0.39, 0.29) is 17.8 Å². The van der Waals surface area contributed by atoms with Crippen molar-refractivity contribution in [2.45, 2.75) is 31.7 Å². The normalized spacial score (nSPS) is 30.7. The number of ether oxygens (including phenoxy) is 1. The van der Waals surface area contributed by atoms with Crippen molar-refractivity contribution in [1.82, 2.24) is 4.90 Å². The van der Waals surface area contributed by atoms with E-state index in [4.69, 9.17) is 9.73 Å². The summed E-state index contributed by atoms with van der Waals surface area (Å²) in [4.78, 5) is 19.8. The van der Waals surface area contributed by atoms with Crippen LogP contribution >= 0.6 is 0 Å². The van der Waals surface area contributed by atoms with Crippen LogP contribution in [0.4, 0.5) is 5.69 Å². The third kappa shape index (κ3) is 2.64. The van der Waals surface area contributed by atoms with Gasteiger partial charge in [0, 0.05) is 35.7 Å². The third-order valence-electron chi connectivity index (χ3n) is 6.28. The predicted octanol–water partition coefficient (Wildman–Crippen LogP) is 3.87. The average Bonchev–Trinajstić information content (AvgIpc) is 3.07. The summed E-state index contributed by atoms with van der Waals surface area (Å²) in [5.41, 5.74) is 4.54. The van der Waals surface area contributed by atoms with Crippen LogP contribution in [0.1, 0.15) is 31.2 Å². The second-order valence-electron chi connectivity index (χ2n) is 7.42. The molecule has 3 aliphatic rings. The van der Waals surface area contributed by atoms with Crippen LogP contribution in [0.15, 0.2) is 53.6 Å². The molecule has 1 aromatic carbocycles. The molecule has 4 heteroatoms. The molecule has 2 saturated heterocycles. The van der Waals surface area contributed by atoms with Gasteiger partial charge in [-0.15, -0.1) is 6.58 Å². The monoisotopic (exact) mass is 350 g/mol. The molecule has 26 heavy (non-hydrogen) atoms. The molecule has 0 amide bonds. The second kappa shape index (κ2) is 6.84. The molecule has 1 aromatic rings. The van der Waals surface area contributed by atoms with Gasteiger partial charge in [-0.3, -0.25) is 9.89 Å². The fourth-order valence-corrected chi connectivity index (χ4v) is 5.01. The first kappa shape index (κ1) is 17.2. The Labute approximate surface area is 155 Å². The Morgan fingerprint density at radius 2 is 2.19 bits per heavy atom. The van der Waals surface area contributed by atoms with Gasteiger partial charge >= 0.3 is 5.97 Å². The summed E-state index contributed by atoms with van der Waals surface area (Å²) in [7, 11) is 1.46. The maximum Gasteiger partial charge on any atom is 0.333 e. The lowest BCUT2D eigenvalue weighted by Crippen LogP contribution is -2.55. The van der Waals surface area contributed by atoms with E-state index in [1.807, 2.05) is 19.1 Å². The van der Waals surface area contributed by atoms with E-state index in [1.54, 1.807) is 0 Å². The van der Waals surface area contributed by atoms with Gasteiger partial charge in [-0.05, 0) is 43.9 Å². The maximum absolute atomic E-state index is 12.3. The molecule has 4 atom stereocenters. The summed E-state index contributed by atoms with van der Waals surface area (Å²) >= 11 is 0. The van der Waals surface area contributed by atoms with Gasteiger partial charge < -0.3 is 4.74 Å². The number of aliphatic imine (C=N–C) groups is 1. The molecular weight excluding hydrogens is 324 g/mol. The van der Waals surface area contributed by atoms with Crippen molar-refractivity contribution in [1.29, 1.82) is 0 Å². The lowest BCUT2D eigenvalue weighted by Gasteiger charge is -2.47. The van der Waals surface area contributed by atoms with Crippen LogP contribution in [0.5, 0.6) is 0 Å². The van der Waals surface area contributed by atoms with Crippen molar-refractivity contribution >= 4 is 17.4 Å². The van der Waals surface area contributed by atoms with Gasteiger partial charge in [-0.2, -0.15) is 0 Å². The number of methoxy groups -OCH3 is 1. The van der Waals surface area contributed by atoms with Gasteiger partial charge in [0.15, 0.2) is 0 Å². The Bertz CT molecular complexity index is 795. The standard InChI is InChI=1S/C22H26N2O2/c1-4-14-13-24-11-10-17-16-8-6-7-9-19(16)23-21(17)20(24)12-18(14)15(5-2)22(25)26-3/h4-9,14,17-18,20H,1,10-13H2,2-3H3/b15-5+/t14-,17?,18-,20-/m0/s1. The van der Waals surface area contributed by atoms with E-state index >= 15 is 0 Å². The van der Waals surface area contributed by atoms with Crippen molar-refractivity contribution in [3.63, 3.8) is 0 Å². The Morgan fingerprint density at radius 1 is 1.38 bits per heavy atom. The van der Waals surface area contributed by atoms with Crippen molar-refractivity contribution in [2.75, 3.05) is 20.2 Å². The first-order chi connectivity index (χ1) is 12.7. The van der Waals surface area contributed by atoms with Crippen LogP contribution in [0, 0.1) is 11.8 Å². The van der Waals surface area contributed by atoms with Crippen molar-refractivity contribution in [3.8, 4) is 0 Å². The number of piperidine rings is 2. The van der Waals surface area contributed by atoms with Crippen LogP contribution in [0.25, 0.3) is 0 Å². The van der Waals surface area contributed by atoms with E-state index < -0.39 is 0 Å². The Morgan fingerprint density at radius 3 is 2.92 bits per heavy atom. The number of hydrogen-bond donors (Lipinski definition) is 0. The molecule has 0 radical (unpaired) electrons. The van der Waals surface area contributed by atoms with Crippen LogP contribution in [-0.2, 0) is 9.53 Å². The number of hydrogen-bond acceptors (Lipinski definition) is 4. The molecule has 136 valence electrons. The van der Waals surface area contributed by atoms with Gasteiger partial charge in [0.05, 0.1) is 12.8 Å². The molecule has 2 fully saturated rings. The van der Waals surface area contributed by atoms with Crippen LogP contribution in [0.3, 0.4) is 0 Å². The molecule has 0 spiro atoms. The maximum atomic E-state index is 12.3.